The van der Waals surface area contributed by atoms with Crippen molar-refractivity contribution in [3.8, 4) is 0 Å². The molecule has 0 radical (unpaired) electrons. The van der Waals surface area contributed by atoms with Crippen molar-refractivity contribution in [2.75, 3.05) is 0 Å². The molecule has 0 amide bonds. The minimum absolute atomic E-state index is 0.203. The first kappa shape index (κ1) is 16.3. The van der Waals surface area contributed by atoms with Gasteiger partial charge in [-0.3, -0.25) is 11.3 Å². The van der Waals surface area contributed by atoms with Gasteiger partial charge < -0.3 is 0 Å². The molecule has 0 heterocycles. The van der Waals surface area contributed by atoms with E-state index in [1.54, 1.807) is 6.07 Å². The fraction of sp³-hybridized carbons (Fsp3) is 0.625. The van der Waals surface area contributed by atoms with Crippen LogP contribution in [0.5, 0.6) is 0 Å². The third-order valence-electron chi connectivity index (χ3n) is 4.37. The van der Waals surface area contributed by atoms with E-state index in [9.17, 15) is 13.2 Å². The molecule has 1 aromatic rings. The van der Waals surface area contributed by atoms with Gasteiger partial charge in [0.05, 0.1) is 5.56 Å². The van der Waals surface area contributed by atoms with Gasteiger partial charge in [0.25, 0.3) is 0 Å². The minimum Gasteiger partial charge on any atom is -0.271 e. The zero-order valence-corrected chi connectivity index (χ0v) is 12.1. The summed E-state index contributed by atoms with van der Waals surface area (Å²) in [6.45, 7) is 0. The summed E-state index contributed by atoms with van der Waals surface area (Å²) in [6, 6.07) is 5.33. The van der Waals surface area contributed by atoms with Crippen molar-refractivity contribution in [1.29, 1.82) is 0 Å². The maximum Gasteiger partial charge on any atom is 0.416 e. The monoisotopic (exact) mass is 300 g/mol. The SMILES string of the molecule is NNC(c1cccc(C(F)(F)F)c1)C1CCCCCCC1. The van der Waals surface area contributed by atoms with Crippen LogP contribution in [0.1, 0.15) is 62.1 Å². The highest BCUT2D eigenvalue weighted by molar-refractivity contribution is 5.28. The quantitative estimate of drug-likeness (QED) is 0.634. The highest BCUT2D eigenvalue weighted by Gasteiger charge is 2.32. The topological polar surface area (TPSA) is 38.0 Å². The fourth-order valence-corrected chi connectivity index (χ4v) is 3.23. The van der Waals surface area contributed by atoms with Crippen LogP contribution in [-0.2, 0) is 6.18 Å². The van der Waals surface area contributed by atoms with E-state index in [0.29, 0.717) is 11.5 Å². The van der Waals surface area contributed by atoms with Crippen molar-refractivity contribution in [2.45, 2.75) is 57.2 Å². The average Bonchev–Trinajstić information content (AvgIpc) is 2.41. The van der Waals surface area contributed by atoms with Crippen LogP contribution in [0.2, 0.25) is 0 Å². The minimum atomic E-state index is -4.31. The molecule has 1 unspecified atom stereocenters. The van der Waals surface area contributed by atoms with Crippen molar-refractivity contribution in [3.05, 3.63) is 35.4 Å². The first-order valence-corrected chi connectivity index (χ1v) is 7.65. The van der Waals surface area contributed by atoms with E-state index < -0.39 is 11.7 Å². The maximum atomic E-state index is 12.8. The van der Waals surface area contributed by atoms with Crippen molar-refractivity contribution < 1.29 is 13.2 Å². The van der Waals surface area contributed by atoms with E-state index in [1.807, 2.05) is 0 Å². The number of alkyl halides is 3. The lowest BCUT2D eigenvalue weighted by molar-refractivity contribution is -0.137. The predicted molar refractivity (Wildman–Crippen MR) is 77.3 cm³/mol. The van der Waals surface area contributed by atoms with Gasteiger partial charge in [-0.15, -0.1) is 0 Å². The van der Waals surface area contributed by atoms with Crippen molar-refractivity contribution in [2.24, 2.45) is 11.8 Å². The van der Waals surface area contributed by atoms with Crippen molar-refractivity contribution in [1.82, 2.24) is 5.43 Å². The molecule has 2 rings (SSSR count). The van der Waals surface area contributed by atoms with Gasteiger partial charge in [-0.05, 0) is 36.5 Å². The lowest BCUT2D eigenvalue weighted by atomic mass is 9.83. The Morgan fingerprint density at radius 1 is 1.05 bits per heavy atom. The Kier molecular flexibility index (Phi) is 5.65. The number of hydrazine groups is 1. The number of hydrogen-bond donors (Lipinski definition) is 2. The summed E-state index contributed by atoms with van der Waals surface area (Å²) >= 11 is 0. The van der Waals surface area contributed by atoms with Gasteiger partial charge in [-0.2, -0.15) is 13.2 Å². The molecular formula is C16H23F3N2. The first-order chi connectivity index (χ1) is 10.0. The van der Waals surface area contributed by atoms with Gasteiger partial charge in [-0.25, -0.2) is 0 Å². The summed E-state index contributed by atoms with van der Waals surface area (Å²) in [4.78, 5) is 0. The molecule has 1 aromatic carbocycles. The van der Waals surface area contributed by atoms with Gasteiger partial charge in [-0.1, -0.05) is 44.2 Å². The van der Waals surface area contributed by atoms with E-state index in [-0.39, 0.29) is 6.04 Å². The molecule has 0 saturated heterocycles. The normalized spacial score (nSPS) is 19.8. The summed E-state index contributed by atoms with van der Waals surface area (Å²) in [5.74, 6) is 5.96. The molecule has 21 heavy (non-hydrogen) atoms. The summed E-state index contributed by atoms with van der Waals surface area (Å²) < 4.78 is 38.5. The van der Waals surface area contributed by atoms with Gasteiger partial charge in [0.15, 0.2) is 0 Å². The van der Waals surface area contributed by atoms with Crippen LogP contribution in [0, 0.1) is 5.92 Å². The zero-order valence-electron chi connectivity index (χ0n) is 12.1. The van der Waals surface area contributed by atoms with Crippen LogP contribution in [0.4, 0.5) is 13.2 Å². The van der Waals surface area contributed by atoms with Gasteiger partial charge in [0.2, 0.25) is 0 Å². The summed E-state index contributed by atoms with van der Waals surface area (Å²) in [7, 11) is 0. The first-order valence-electron chi connectivity index (χ1n) is 7.65. The zero-order chi connectivity index (χ0) is 15.3. The molecule has 0 bridgehead atoms. The number of benzene rings is 1. The lowest BCUT2D eigenvalue weighted by Crippen LogP contribution is -2.34. The Bertz CT molecular complexity index is 437. The second kappa shape index (κ2) is 7.27. The number of nitrogens with one attached hydrogen (secondary N) is 1. The number of nitrogens with two attached hydrogens (primary N) is 1. The number of hydrogen-bond acceptors (Lipinski definition) is 2. The van der Waals surface area contributed by atoms with E-state index in [0.717, 1.165) is 31.7 Å². The standard InChI is InChI=1S/C16H23F3N2/c17-16(18,19)14-10-6-9-13(11-14)15(21-20)12-7-4-2-1-3-5-8-12/h6,9-12,15,21H,1-5,7-8,20H2. The Morgan fingerprint density at radius 2 is 1.67 bits per heavy atom. The third kappa shape index (κ3) is 4.45. The predicted octanol–water partition coefficient (Wildman–Crippen LogP) is 4.57. The molecule has 1 aliphatic rings. The third-order valence-corrected chi connectivity index (χ3v) is 4.37. The van der Waals surface area contributed by atoms with Gasteiger partial charge in [0.1, 0.15) is 0 Å². The summed E-state index contributed by atoms with van der Waals surface area (Å²) in [5.41, 5.74) is 2.78. The smallest absolute Gasteiger partial charge is 0.271 e. The average molecular weight is 300 g/mol. The molecule has 1 fully saturated rings. The molecule has 5 heteroatoms. The summed E-state index contributed by atoms with van der Waals surface area (Å²) in [6.07, 6.45) is 3.65. The van der Waals surface area contributed by atoms with E-state index >= 15 is 0 Å². The highest BCUT2D eigenvalue weighted by Crippen LogP contribution is 2.35. The van der Waals surface area contributed by atoms with Crippen LogP contribution in [0.25, 0.3) is 0 Å². The molecule has 0 aromatic heterocycles. The number of halogens is 3. The Balaban J connectivity index is 2.19. The summed E-state index contributed by atoms with van der Waals surface area (Å²) in [5, 5.41) is 0. The van der Waals surface area contributed by atoms with Crippen LogP contribution in [-0.4, -0.2) is 0 Å². The number of rotatable bonds is 3. The van der Waals surface area contributed by atoms with E-state index in [2.05, 4.69) is 5.43 Å². The molecule has 2 nitrogen and oxygen atoms in total. The molecule has 1 aliphatic carbocycles. The van der Waals surface area contributed by atoms with E-state index in [1.165, 1.54) is 31.4 Å². The largest absolute Gasteiger partial charge is 0.416 e. The van der Waals surface area contributed by atoms with E-state index in [4.69, 9.17) is 5.84 Å². The van der Waals surface area contributed by atoms with Crippen molar-refractivity contribution >= 4 is 0 Å². The maximum absolute atomic E-state index is 12.8. The molecule has 0 spiro atoms. The van der Waals surface area contributed by atoms with Crippen molar-refractivity contribution in [3.63, 3.8) is 0 Å². The second-order valence-electron chi connectivity index (χ2n) is 5.87. The van der Waals surface area contributed by atoms with Crippen LogP contribution >= 0.6 is 0 Å². The van der Waals surface area contributed by atoms with Gasteiger partial charge >= 0.3 is 6.18 Å². The second-order valence-corrected chi connectivity index (χ2v) is 5.87. The molecule has 118 valence electrons. The molecule has 1 atom stereocenters. The van der Waals surface area contributed by atoms with Crippen LogP contribution < -0.4 is 11.3 Å². The highest BCUT2D eigenvalue weighted by atomic mass is 19.4. The van der Waals surface area contributed by atoms with Gasteiger partial charge in [0, 0.05) is 6.04 Å². The fourth-order valence-electron chi connectivity index (χ4n) is 3.23. The molecule has 0 aliphatic heterocycles. The Hall–Kier alpha value is -1.07. The van der Waals surface area contributed by atoms with Crippen LogP contribution in [0.15, 0.2) is 24.3 Å². The molecule has 3 N–H and O–H groups in total. The Labute approximate surface area is 123 Å². The molecule has 1 saturated carbocycles. The molecular weight excluding hydrogens is 277 g/mol. The Morgan fingerprint density at radius 3 is 2.24 bits per heavy atom. The van der Waals surface area contributed by atoms with Crippen LogP contribution in [0.3, 0.4) is 0 Å². The lowest BCUT2D eigenvalue weighted by Gasteiger charge is -2.29.